The second-order valence-electron chi connectivity index (χ2n) is 7.58. The Balaban J connectivity index is 1.37. The molecule has 4 heterocycles. The maximum atomic E-state index is 13.7. The third-order valence-corrected chi connectivity index (χ3v) is 5.65. The topological polar surface area (TPSA) is 83.8 Å². The highest BCUT2D eigenvalue weighted by Crippen LogP contribution is 2.31. The Morgan fingerprint density at radius 2 is 2.13 bits per heavy atom. The highest BCUT2D eigenvalue weighted by molar-refractivity contribution is 5.85. The number of para-hydroxylation sites is 1. The number of anilines is 1. The summed E-state index contributed by atoms with van der Waals surface area (Å²) in [5, 5.41) is 9.30. The molecule has 0 saturated heterocycles. The van der Waals surface area contributed by atoms with Crippen LogP contribution >= 0.6 is 0 Å². The zero-order valence-corrected chi connectivity index (χ0v) is 16.0. The summed E-state index contributed by atoms with van der Waals surface area (Å²) in [6.45, 7) is 0. The molecule has 2 N–H and O–H groups in total. The molecule has 5 aromatic rings. The minimum atomic E-state index is -0.421. The fraction of sp³-hybridized carbons (Fsp3) is 0.182. The molecule has 1 aliphatic rings. The third kappa shape index (κ3) is 2.80. The molecule has 0 amide bonds. The summed E-state index contributed by atoms with van der Waals surface area (Å²) in [5.74, 6) is 0.622. The molecule has 6 rings (SSSR count). The van der Waals surface area contributed by atoms with Gasteiger partial charge in [-0.1, -0.05) is 18.2 Å². The molecule has 0 saturated carbocycles. The summed E-state index contributed by atoms with van der Waals surface area (Å²) in [4.78, 5) is 16.5. The van der Waals surface area contributed by atoms with Crippen LogP contribution in [0, 0.1) is 5.82 Å². The number of nitrogens with zero attached hydrogens (tertiary/aromatic N) is 5. The van der Waals surface area contributed by atoms with Crippen LogP contribution in [-0.4, -0.2) is 35.6 Å². The van der Waals surface area contributed by atoms with Crippen LogP contribution in [0.4, 0.5) is 10.2 Å². The summed E-state index contributed by atoms with van der Waals surface area (Å²) in [5.41, 5.74) is 5.03. The number of rotatable bonds is 3. The Kier molecular flexibility index (Phi) is 3.77. The van der Waals surface area contributed by atoms with E-state index in [0.29, 0.717) is 22.9 Å². The van der Waals surface area contributed by atoms with Crippen molar-refractivity contribution in [2.24, 2.45) is 0 Å². The standard InChI is InChI=1S/C22H18FN7/c23-14-9-13(11-24-12-14)20-28-21(22-25-7-8-30(22)29-20)26-15-5-6-19-17(10-15)16-3-1-2-4-18(16)27-19/h1-4,7-9,11-12,15,27H,5-6,10H2,(H,26,28,29)/t15-/m1/s1. The van der Waals surface area contributed by atoms with Crippen molar-refractivity contribution in [1.82, 2.24) is 29.5 Å². The van der Waals surface area contributed by atoms with Gasteiger partial charge in [-0.25, -0.2) is 18.9 Å². The number of nitrogens with one attached hydrogen (secondary N) is 2. The molecule has 0 radical (unpaired) electrons. The first-order valence-corrected chi connectivity index (χ1v) is 9.92. The molecule has 0 fully saturated rings. The first-order chi connectivity index (χ1) is 14.7. The lowest BCUT2D eigenvalue weighted by molar-refractivity contribution is 0.605. The molecule has 0 spiro atoms. The van der Waals surface area contributed by atoms with Crippen LogP contribution in [-0.2, 0) is 12.8 Å². The number of pyridine rings is 1. The Morgan fingerprint density at radius 3 is 3.07 bits per heavy atom. The number of imidazole rings is 1. The Hall–Kier alpha value is -3.81. The van der Waals surface area contributed by atoms with Gasteiger partial charge in [0.15, 0.2) is 17.3 Å². The van der Waals surface area contributed by atoms with E-state index in [9.17, 15) is 4.39 Å². The largest absolute Gasteiger partial charge is 0.364 e. The minimum absolute atomic E-state index is 0.214. The van der Waals surface area contributed by atoms with E-state index >= 15 is 0 Å². The predicted octanol–water partition coefficient (Wildman–Crippen LogP) is 3.78. The molecule has 1 aliphatic carbocycles. The van der Waals surface area contributed by atoms with E-state index in [-0.39, 0.29) is 6.04 Å². The van der Waals surface area contributed by atoms with E-state index in [4.69, 9.17) is 0 Å². The van der Waals surface area contributed by atoms with Gasteiger partial charge in [0.1, 0.15) is 5.82 Å². The zero-order chi connectivity index (χ0) is 20.1. The molecule has 8 heteroatoms. The predicted molar refractivity (Wildman–Crippen MR) is 112 cm³/mol. The zero-order valence-electron chi connectivity index (χ0n) is 16.0. The number of H-pyrrole nitrogens is 1. The van der Waals surface area contributed by atoms with Crippen LogP contribution in [0.5, 0.6) is 0 Å². The lowest BCUT2D eigenvalue weighted by Gasteiger charge is -2.24. The summed E-state index contributed by atoms with van der Waals surface area (Å²) in [6, 6.07) is 10.0. The Labute approximate surface area is 171 Å². The van der Waals surface area contributed by atoms with Crippen molar-refractivity contribution in [2.45, 2.75) is 25.3 Å². The van der Waals surface area contributed by atoms with Gasteiger partial charge >= 0.3 is 0 Å². The molecule has 1 atom stereocenters. The number of hydrogen-bond donors (Lipinski definition) is 2. The Morgan fingerprint density at radius 1 is 1.20 bits per heavy atom. The lowest BCUT2D eigenvalue weighted by Crippen LogP contribution is -2.28. The smallest absolute Gasteiger partial charge is 0.196 e. The second kappa shape index (κ2) is 6.62. The lowest BCUT2D eigenvalue weighted by atomic mass is 9.91. The number of aryl methyl sites for hydroxylation is 1. The van der Waals surface area contributed by atoms with Gasteiger partial charge in [-0.15, -0.1) is 5.10 Å². The van der Waals surface area contributed by atoms with Crippen molar-refractivity contribution >= 4 is 22.4 Å². The van der Waals surface area contributed by atoms with E-state index < -0.39 is 5.82 Å². The minimum Gasteiger partial charge on any atom is -0.364 e. The molecule has 0 unspecified atom stereocenters. The van der Waals surface area contributed by atoms with Crippen LogP contribution in [0.3, 0.4) is 0 Å². The van der Waals surface area contributed by atoms with E-state index in [0.717, 1.165) is 19.3 Å². The SMILES string of the molecule is Fc1cncc(-c2nc(N[C@@H]3CCc4[nH]c5ccccc5c4C3)c3nccn3n2)c1. The number of aromatic amines is 1. The van der Waals surface area contributed by atoms with Gasteiger partial charge in [-0.2, -0.15) is 0 Å². The molecule has 0 aliphatic heterocycles. The van der Waals surface area contributed by atoms with Crippen LogP contribution in [0.25, 0.3) is 27.9 Å². The fourth-order valence-corrected chi connectivity index (χ4v) is 4.27. The molecule has 7 nitrogen and oxygen atoms in total. The van der Waals surface area contributed by atoms with Gasteiger partial charge in [0, 0.05) is 46.8 Å². The van der Waals surface area contributed by atoms with E-state index in [1.165, 1.54) is 34.4 Å². The summed E-state index contributed by atoms with van der Waals surface area (Å²) >= 11 is 0. The number of benzene rings is 1. The number of fused-ring (bicyclic) bond motifs is 4. The highest BCUT2D eigenvalue weighted by Gasteiger charge is 2.24. The van der Waals surface area contributed by atoms with Gasteiger partial charge < -0.3 is 10.3 Å². The first-order valence-electron chi connectivity index (χ1n) is 9.92. The van der Waals surface area contributed by atoms with Crippen LogP contribution < -0.4 is 5.32 Å². The van der Waals surface area contributed by atoms with Gasteiger partial charge in [0.2, 0.25) is 0 Å². The molecular formula is C22H18FN7. The van der Waals surface area contributed by atoms with Crippen molar-refractivity contribution in [3.05, 3.63) is 72.2 Å². The maximum Gasteiger partial charge on any atom is 0.196 e. The summed E-state index contributed by atoms with van der Waals surface area (Å²) in [7, 11) is 0. The highest BCUT2D eigenvalue weighted by atomic mass is 19.1. The number of halogens is 1. The molecular weight excluding hydrogens is 381 g/mol. The molecule has 148 valence electrons. The quantitative estimate of drug-likeness (QED) is 0.482. The van der Waals surface area contributed by atoms with E-state index in [1.54, 1.807) is 23.1 Å². The van der Waals surface area contributed by atoms with Gasteiger partial charge in [0.25, 0.3) is 0 Å². The average molecular weight is 399 g/mol. The normalized spacial score (nSPS) is 16.1. The van der Waals surface area contributed by atoms with Crippen molar-refractivity contribution in [3.63, 3.8) is 0 Å². The van der Waals surface area contributed by atoms with Gasteiger partial charge in [-0.05, 0) is 37.0 Å². The van der Waals surface area contributed by atoms with Crippen LogP contribution in [0.2, 0.25) is 0 Å². The van der Waals surface area contributed by atoms with Crippen molar-refractivity contribution in [1.29, 1.82) is 0 Å². The van der Waals surface area contributed by atoms with E-state index in [1.807, 2.05) is 0 Å². The third-order valence-electron chi connectivity index (χ3n) is 5.65. The van der Waals surface area contributed by atoms with Crippen LogP contribution in [0.1, 0.15) is 17.7 Å². The van der Waals surface area contributed by atoms with Crippen molar-refractivity contribution in [3.8, 4) is 11.4 Å². The van der Waals surface area contributed by atoms with Crippen molar-refractivity contribution < 1.29 is 4.39 Å². The second-order valence-corrected chi connectivity index (χ2v) is 7.58. The Bertz CT molecular complexity index is 1390. The number of aromatic nitrogens is 6. The average Bonchev–Trinajstić information content (AvgIpc) is 3.38. The van der Waals surface area contributed by atoms with Gasteiger partial charge in [-0.3, -0.25) is 4.98 Å². The van der Waals surface area contributed by atoms with Crippen LogP contribution in [0.15, 0.2) is 55.1 Å². The fourth-order valence-electron chi connectivity index (χ4n) is 4.27. The summed E-state index contributed by atoms with van der Waals surface area (Å²) in [6.07, 6.45) is 9.01. The van der Waals surface area contributed by atoms with E-state index in [2.05, 4.69) is 54.6 Å². The molecule has 0 bridgehead atoms. The van der Waals surface area contributed by atoms with Gasteiger partial charge in [0.05, 0.1) is 6.20 Å². The number of hydrogen-bond acceptors (Lipinski definition) is 5. The summed E-state index contributed by atoms with van der Waals surface area (Å²) < 4.78 is 15.3. The molecule has 1 aromatic carbocycles. The monoisotopic (exact) mass is 399 g/mol. The molecule has 30 heavy (non-hydrogen) atoms. The maximum absolute atomic E-state index is 13.7. The first kappa shape index (κ1) is 17.1. The van der Waals surface area contributed by atoms with Crippen molar-refractivity contribution in [2.75, 3.05) is 5.32 Å². The molecule has 4 aromatic heterocycles.